The number of carbonyl (C=O) groups excluding carboxylic acids is 1. The number of carboxylic acid groups (broad SMARTS) is 1. The lowest BCUT2D eigenvalue weighted by atomic mass is 9.73. The zero-order valence-electron chi connectivity index (χ0n) is 13.2. The third-order valence-electron chi connectivity index (χ3n) is 4.54. The molecule has 1 aromatic carbocycles. The smallest absolute Gasteiger partial charge is 0.317 e. The zero-order chi connectivity index (χ0) is 16.7. The second-order valence-corrected chi connectivity index (χ2v) is 6.02. The molecule has 1 heterocycles. The summed E-state index contributed by atoms with van der Waals surface area (Å²) in [6.07, 6.45) is 1.92. The van der Waals surface area contributed by atoms with Crippen molar-refractivity contribution < 1.29 is 19.8 Å². The minimum atomic E-state index is -0.854. The Labute approximate surface area is 136 Å². The van der Waals surface area contributed by atoms with Gasteiger partial charge in [0.15, 0.2) is 0 Å². The van der Waals surface area contributed by atoms with Crippen LogP contribution in [0.15, 0.2) is 30.3 Å². The summed E-state index contributed by atoms with van der Waals surface area (Å²) in [5, 5.41) is 21.2. The highest BCUT2D eigenvalue weighted by molar-refractivity contribution is 5.74. The van der Waals surface area contributed by atoms with Gasteiger partial charge in [-0.25, -0.2) is 4.79 Å². The average molecular weight is 320 g/mol. The molecule has 0 atom stereocenters. The predicted octanol–water partition coefficient (Wildman–Crippen LogP) is 1.59. The van der Waals surface area contributed by atoms with Crippen LogP contribution in [0.2, 0.25) is 0 Å². The quantitative estimate of drug-likeness (QED) is 0.694. The van der Waals surface area contributed by atoms with E-state index >= 15 is 0 Å². The van der Waals surface area contributed by atoms with Gasteiger partial charge < -0.3 is 20.4 Å². The van der Waals surface area contributed by atoms with Gasteiger partial charge in [0.25, 0.3) is 0 Å². The van der Waals surface area contributed by atoms with Gasteiger partial charge in [-0.05, 0) is 24.8 Å². The summed E-state index contributed by atoms with van der Waals surface area (Å²) in [7, 11) is 0. The maximum Gasteiger partial charge on any atom is 0.317 e. The van der Waals surface area contributed by atoms with Crippen LogP contribution in [0.4, 0.5) is 4.79 Å². The molecule has 2 amide bonds. The summed E-state index contributed by atoms with van der Waals surface area (Å²) in [5.41, 5.74) is 0.838. The van der Waals surface area contributed by atoms with Crippen molar-refractivity contribution in [2.45, 2.75) is 31.1 Å². The molecule has 1 fully saturated rings. The van der Waals surface area contributed by atoms with Crippen LogP contribution < -0.4 is 5.32 Å². The van der Waals surface area contributed by atoms with Crippen LogP contribution in [0.1, 0.15) is 31.2 Å². The first kappa shape index (κ1) is 17.3. The van der Waals surface area contributed by atoms with E-state index in [0.29, 0.717) is 26.1 Å². The van der Waals surface area contributed by atoms with Gasteiger partial charge in [-0.2, -0.15) is 0 Å². The van der Waals surface area contributed by atoms with Crippen molar-refractivity contribution in [3.05, 3.63) is 35.9 Å². The van der Waals surface area contributed by atoms with E-state index in [1.54, 1.807) is 4.90 Å². The Hall–Kier alpha value is -2.08. The Kier molecular flexibility index (Phi) is 5.98. The summed E-state index contributed by atoms with van der Waals surface area (Å²) in [6, 6.07) is 9.78. The summed E-state index contributed by atoms with van der Waals surface area (Å²) >= 11 is 0. The summed E-state index contributed by atoms with van der Waals surface area (Å²) in [4.78, 5) is 24.3. The van der Waals surface area contributed by atoms with Crippen molar-refractivity contribution in [1.82, 2.24) is 10.2 Å². The lowest BCUT2D eigenvalue weighted by Crippen LogP contribution is -2.50. The summed E-state index contributed by atoms with van der Waals surface area (Å²) < 4.78 is 0. The molecule has 23 heavy (non-hydrogen) atoms. The van der Waals surface area contributed by atoms with E-state index in [2.05, 4.69) is 5.32 Å². The van der Waals surface area contributed by atoms with Crippen molar-refractivity contribution in [3.63, 3.8) is 0 Å². The van der Waals surface area contributed by atoms with Crippen LogP contribution in [-0.4, -0.2) is 53.4 Å². The van der Waals surface area contributed by atoms with Crippen molar-refractivity contribution in [1.29, 1.82) is 0 Å². The number of aliphatic hydroxyl groups is 1. The van der Waals surface area contributed by atoms with E-state index in [0.717, 1.165) is 18.4 Å². The SMILES string of the molecule is O=C(O)CCCNC(=O)N1CCC(CO)(c2ccccc2)CC1. The molecular formula is C17H24N2O4. The maximum atomic E-state index is 12.1. The van der Waals surface area contributed by atoms with Crippen LogP contribution in [-0.2, 0) is 10.2 Å². The van der Waals surface area contributed by atoms with Crippen LogP contribution >= 0.6 is 0 Å². The van der Waals surface area contributed by atoms with E-state index in [4.69, 9.17) is 5.11 Å². The van der Waals surface area contributed by atoms with Gasteiger partial charge in [-0.3, -0.25) is 4.79 Å². The van der Waals surface area contributed by atoms with Crippen molar-refractivity contribution >= 4 is 12.0 Å². The van der Waals surface area contributed by atoms with Crippen molar-refractivity contribution in [3.8, 4) is 0 Å². The Bertz CT molecular complexity index is 525. The number of nitrogens with zero attached hydrogens (tertiary/aromatic N) is 1. The molecule has 0 saturated carbocycles. The zero-order valence-corrected chi connectivity index (χ0v) is 13.2. The van der Waals surface area contributed by atoms with Crippen LogP contribution in [0.25, 0.3) is 0 Å². The van der Waals surface area contributed by atoms with Gasteiger partial charge in [0.2, 0.25) is 0 Å². The van der Waals surface area contributed by atoms with Gasteiger partial charge >= 0.3 is 12.0 Å². The molecule has 0 spiro atoms. The van der Waals surface area contributed by atoms with Gasteiger partial charge in [0.1, 0.15) is 0 Å². The number of nitrogens with one attached hydrogen (secondary N) is 1. The Balaban J connectivity index is 1.85. The topological polar surface area (TPSA) is 89.9 Å². The molecule has 6 heteroatoms. The predicted molar refractivity (Wildman–Crippen MR) is 86.3 cm³/mol. The minimum Gasteiger partial charge on any atom is -0.481 e. The molecule has 0 bridgehead atoms. The number of piperidine rings is 1. The maximum absolute atomic E-state index is 12.1. The summed E-state index contributed by atoms with van der Waals surface area (Å²) in [6.45, 7) is 1.61. The second kappa shape index (κ2) is 7.97. The lowest BCUT2D eigenvalue weighted by Gasteiger charge is -2.41. The molecule has 1 aliphatic rings. The number of rotatable bonds is 6. The number of hydrogen-bond acceptors (Lipinski definition) is 3. The number of aliphatic carboxylic acids is 1. The second-order valence-electron chi connectivity index (χ2n) is 6.02. The van der Waals surface area contributed by atoms with Crippen molar-refractivity contribution in [2.24, 2.45) is 0 Å². The van der Waals surface area contributed by atoms with E-state index in [1.165, 1.54) is 0 Å². The third kappa shape index (κ3) is 4.45. The van der Waals surface area contributed by atoms with E-state index in [-0.39, 0.29) is 24.5 Å². The molecule has 6 nitrogen and oxygen atoms in total. The molecular weight excluding hydrogens is 296 g/mol. The number of hydrogen-bond donors (Lipinski definition) is 3. The van der Waals surface area contributed by atoms with Crippen LogP contribution in [0.5, 0.6) is 0 Å². The molecule has 1 saturated heterocycles. The first-order valence-electron chi connectivity index (χ1n) is 7.98. The molecule has 1 aromatic rings. The molecule has 1 aliphatic heterocycles. The fourth-order valence-electron chi connectivity index (χ4n) is 3.01. The highest BCUT2D eigenvalue weighted by atomic mass is 16.4. The number of carbonyl (C=O) groups is 2. The molecule has 0 aliphatic carbocycles. The van der Waals surface area contributed by atoms with E-state index in [9.17, 15) is 14.7 Å². The highest BCUT2D eigenvalue weighted by Crippen LogP contribution is 2.34. The lowest BCUT2D eigenvalue weighted by molar-refractivity contribution is -0.137. The molecule has 2 rings (SSSR count). The largest absolute Gasteiger partial charge is 0.481 e. The molecule has 0 radical (unpaired) electrons. The first-order valence-corrected chi connectivity index (χ1v) is 7.98. The number of urea groups is 1. The first-order chi connectivity index (χ1) is 11.1. The van der Waals surface area contributed by atoms with Gasteiger partial charge in [-0.15, -0.1) is 0 Å². The number of benzene rings is 1. The average Bonchev–Trinajstić information content (AvgIpc) is 2.59. The van der Waals surface area contributed by atoms with E-state index < -0.39 is 5.97 Å². The summed E-state index contributed by atoms with van der Waals surface area (Å²) in [5.74, 6) is -0.854. The van der Waals surface area contributed by atoms with Gasteiger partial charge in [0, 0.05) is 31.5 Å². The standard InChI is InChI=1S/C17H24N2O4/c20-13-17(14-5-2-1-3-6-14)8-11-19(12-9-17)16(23)18-10-4-7-15(21)22/h1-3,5-6,20H,4,7-13H2,(H,18,23)(H,21,22). The molecule has 126 valence electrons. The number of carboxylic acids is 1. The third-order valence-corrected chi connectivity index (χ3v) is 4.54. The highest BCUT2D eigenvalue weighted by Gasteiger charge is 2.36. The number of amides is 2. The molecule has 3 N–H and O–H groups in total. The normalized spacial score (nSPS) is 16.8. The van der Waals surface area contributed by atoms with Crippen LogP contribution in [0.3, 0.4) is 0 Å². The van der Waals surface area contributed by atoms with Gasteiger partial charge in [0.05, 0.1) is 6.61 Å². The minimum absolute atomic E-state index is 0.0575. The van der Waals surface area contributed by atoms with Crippen molar-refractivity contribution in [2.75, 3.05) is 26.2 Å². The fraction of sp³-hybridized carbons (Fsp3) is 0.529. The van der Waals surface area contributed by atoms with Crippen LogP contribution in [0, 0.1) is 0 Å². The number of likely N-dealkylation sites (tertiary alicyclic amines) is 1. The van der Waals surface area contributed by atoms with Gasteiger partial charge in [-0.1, -0.05) is 30.3 Å². The Morgan fingerprint density at radius 2 is 1.83 bits per heavy atom. The molecule has 0 unspecified atom stereocenters. The van der Waals surface area contributed by atoms with E-state index in [1.807, 2.05) is 30.3 Å². The Morgan fingerprint density at radius 1 is 1.17 bits per heavy atom. The fourth-order valence-corrected chi connectivity index (χ4v) is 3.01. The number of aliphatic hydroxyl groups excluding tert-OH is 1. The molecule has 0 aromatic heterocycles. The Morgan fingerprint density at radius 3 is 2.39 bits per heavy atom. The monoisotopic (exact) mass is 320 g/mol.